The topological polar surface area (TPSA) is 35.5 Å². The molecule has 0 saturated carbocycles. The molecule has 15 heteroatoms. The SMILES string of the molecule is O=C(c1ccc(OC(F)(F)C(F)C(F)(F)F)cc1)c1ccc(OC(F)(F)C(F)C(F)(F)F)cc1. The van der Waals surface area contributed by atoms with Gasteiger partial charge in [-0.1, -0.05) is 0 Å². The van der Waals surface area contributed by atoms with Gasteiger partial charge in [-0.15, -0.1) is 0 Å². The second kappa shape index (κ2) is 9.25. The predicted octanol–water partition coefficient (Wildman–Crippen LogP) is 6.66. The van der Waals surface area contributed by atoms with Crippen molar-refractivity contribution in [3.63, 3.8) is 0 Å². The van der Waals surface area contributed by atoms with E-state index < -0.39 is 54.2 Å². The molecule has 2 atom stereocenters. The first-order valence-corrected chi connectivity index (χ1v) is 8.64. The minimum absolute atomic E-state index is 0.275. The Morgan fingerprint density at radius 1 is 0.559 bits per heavy atom. The number of ether oxygens (including phenoxy) is 2. The molecule has 2 unspecified atom stereocenters. The molecule has 0 fully saturated rings. The normalized spacial score (nSPS) is 14.9. The molecule has 188 valence electrons. The van der Waals surface area contributed by atoms with Crippen LogP contribution < -0.4 is 9.47 Å². The minimum atomic E-state index is -5.91. The van der Waals surface area contributed by atoms with Crippen molar-refractivity contribution in [3.8, 4) is 11.5 Å². The Kier molecular flexibility index (Phi) is 7.38. The summed E-state index contributed by atoms with van der Waals surface area (Å²) in [5.41, 5.74) is -0.550. The number of carbonyl (C=O) groups is 1. The number of halogens is 12. The van der Waals surface area contributed by atoms with Crippen molar-refractivity contribution in [1.82, 2.24) is 0 Å². The van der Waals surface area contributed by atoms with E-state index >= 15 is 0 Å². The Labute approximate surface area is 181 Å². The standard InChI is InChI=1S/C19H10F12O3/c20-14(16(22,23)24)18(28,29)33-11-5-1-9(2-6-11)13(32)10-3-7-12(8-4-10)34-19(30,31)15(21)17(25,26)27/h1-8,14-15H. The van der Waals surface area contributed by atoms with E-state index in [9.17, 15) is 57.5 Å². The molecule has 2 aromatic carbocycles. The molecule has 0 aliphatic rings. The summed E-state index contributed by atoms with van der Waals surface area (Å²) in [5.74, 6) is -2.75. The van der Waals surface area contributed by atoms with Crippen molar-refractivity contribution >= 4 is 5.78 Å². The number of hydrogen-bond acceptors (Lipinski definition) is 3. The Hall–Kier alpha value is -3.13. The molecule has 2 aromatic rings. The van der Waals surface area contributed by atoms with Crippen LogP contribution in [0.2, 0.25) is 0 Å². The van der Waals surface area contributed by atoms with E-state index in [4.69, 9.17) is 0 Å². The Balaban J connectivity index is 2.11. The number of benzene rings is 2. The molecule has 0 saturated heterocycles. The van der Waals surface area contributed by atoms with Gasteiger partial charge >= 0.3 is 24.6 Å². The fourth-order valence-electron chi connectivity index (χ4n) is 2.31. The summed E-state index contributed by atoms with van der Waals surface area (Å²) in [6, 6.07) is 5.74. The largest absolute Gasteiger partial charge is 0.439 e. The molecule has 34 heavy (non-hydrogen) atoms. The zero-order valence-electron chi connectivity index (χ0n) is 16.0. The zero-order valence-corrected chi connectivity index (χ0v) is 16.0. The predicted molar refractivity (Wildman–Crippen MR) is 89.4 cm³/mol. The Bertz CT molecular complexity index is 902. The van der Waals surface area contributed by atoms with E-state index in [1.54, 1.807) is 0 Å². The number of alkyl halides is 12. The van der Waals surface area contributed by atoms with E-state index in [0.717, 1.165) is 24.3 Å². The van der Waals surface area contributed by atoms with Crippen molar-refractivity contribution in [1.29, 1.82) is 0 Å². The van der Waals surface area contributed by atoms with Crippen molar-refractivity contribution in [2.24, 2.45) is 0 Å². The first-order valence-electron chi connectivity index (χ1n) is 8.64. The van der Waals surface area contributed by atoms with E-state index in [2.05, 4.69) is 9.47 Å². The second-order valence-electron chi connectivity index (χ2n) is 6.51. The van der Waals surface area contributed by atoms with Crippen LogP contribution in [0.5, 0.6) is 11.5 Å². The smallest absolute Gasteiger partial charge is 0.430 e. The summed E-state index contributed by atoms with van der Waals surface area (Å²) >= 11 is 0. The molecule has 3 nitrogen and oxygen atoms in total. The van der Waals surface area contributed by atoms with Gasteiger partial charge < -0.3 is 9.47 Å². The van der Waals surface area contributed by atoms with Crippen LogP contribution in [0.3, 0.4) is 0 Å². The molecule has 0 bridgehead atoms. The molecule has 0 amide bonds. The van der Waals surface area contributed by atoms with Gasteiger partial charge in [0.05, 0.1) is 0 Å². The maximum atomic E-state index is 13.3. The molecule has 0 spiro atoms. The van der Waals surface area contributed by atoms with E-state index in [1.807, 2.05) is 0 Å². The summed E-state index contributed by atoms with van der Waals surface area (Å²) in [5, 5.41) is 0. The Morgan fingerprint density at radius 2 is 0.824 bits per heavy atom. The van der Waals surface area contributed by atoms with Gasteiger partial charge in [0.2, 0.25) is 0 Å². The van der Waals surface area contributed by atoms with Gasteiger partial charge in [-0.2, -0.15) is 43.9 Å². The lowest BCUT2D eigenvalue weighted by Gasteiger charge is -2.23. The first-order chi connectivity index (χ1) is 15.3. The third kappa shape index (κ3) is 6.47. The lowest BCUT2D eigenvalue weighted by atomic mass is 10.0. The van der Waals surface area contributed by atoms with Gasteiger partial charge in [0.25, 0.3) is 12.3 Å². The second-order valence-corrected chi connectivity index (χ2v) is 6.51. The highest BCUT2D eigenvalue weighted by atomic mass is 19.4. The summed E-state index contributed by atoms with van der Waals surface area (Å²) in [6.45, 7) is 0. The number of carbonyl (C=O) groups excluding carboxylic acids is 1. The van der Waals surface area contributed by atoms with Crippen LogP contribution in [0.4, 0.5) is 52.7 Å². The minimum Gasteiger partial charge on any atom is -0.430 e. The molecule has 0 N–H and O–H groups in total. The molecule has 2 rings (SSSR count). The highest BCUT2D eigenvalue weighted by Crippen LogP contribution is 2.38. The van der Waals surface area contributed by atoms with Crippen molar-refractivity contribution in [2.75, 3.05) is 0 Å². The third-order valence-electron chi connectivity index (χ3n) is 3.91. The molecular formula is C19H10F12O3. The van der Waals surface area contributed by atoms with Gasteiger partial charge in [0.1, 0.15) is 11.5 Å². The lowest BCUT2D eigenvalue weighted by Crippen LogP contribution is -2.45. The summed E-state index contributed by atoms with van der Waals surface area (Å²) in [7, 11) is 0. The van der Waals surface area contributed by atoms with Crippen LogP contribution >= 0.6 is 0 Å². The van der Waals surface area contributed by atoms with Gasteiger partial charge in [0, 0.05) is 11.1 Å². The van der Waals surface area contributed by atoms with Crippen molar-refractivity contribution in [2.45, 2.75) is 36.9 Å². The Morgan fingerprint density at radius 3 is 1.06 bits per heavy atom. The molecule has 0 aliphatic carbocycles. The molecule has 0 heterocycles. The van der Waals surface area contributed by atoms with Crippen LogP contribution in [-0.4, -0.2) is 42.7 Å². The number of rotatable bonds is 8. The van der Waals surface area contributed by atoms with Gasteiger partial charge in [-0.25, -0.2) is 8.78 Å². The summed E-state index contributed by atoms with van der Waals surface area (Å²) < 4.78 is 159. The quantitative estimate of drug-likeness (QED) is 0.292. The maximum Gasteiger partial charge on any atom is 0.439 e. The molecule has 0 radical (unpaired) electrons. The summed E-state index contributed by atoms with van der Waals surface area (Å²) in [4.78, 5) is 12.3. The van der Waals surface area contributed by atoms with E-state index in [-0.39, 0.29) is 11.1 Å². The van der Waals surface area contributed by atoms with E-state index in [1.165, 1.54) is 0 Å². The maximum absolute atomic E-state index is 13.3. The first kappa shape index (κ1) is 27.1. The number of hydrogen-bond donors (Lipinski definition) is 0. The van der Waals surface area contributed by atoms with Gasteiger partial charge in [-0.05, 0) is 48.5 Å². The van der Waals surface area contributed by atoms with Crippen LogP contribution in [0.1, 0.15) is 15.9 Å². The average Bonchev–Trinajstić information content (AvgIpc) is 2.71. The monoisotopic (exact) mass is 514 g/mol. The zero-order chi connectivity index (χ0) is 26.1. The third-order valence-corrected chi connectivity index (χ3v) is 3.91. The fourth-order valence-corrected chi connectivity index (χ4v) is 2.31. The van der Waals surface area contributed by atoms with Crippen LogP contribution in [0.15, 0.2) is 48.5 Å². The van der Waals surface area contributed by atoms with Gasteiger partial charge in [0.15, 0.2) is 5.78 Å². The summed E-state index contributed by atoms with van der Waals surface area (Å²) in [6.07, 6.45) is -31.6. The van der Waals surface area contributed by atoms with Crippen LogP contribution in [-0.2, 0) is 0 Å². The lowest BCUT2D eigenvalue weighted by molar-refractivity contribution is -0.305. The molecule has 0 aliphatic heterocycles. The molecule has 0 aromatic heterocycles. The molecular weight excluding hydrogens is 504 g/mol. The highest BCUT2D eigenvalue weighted by Gasteiger charge is 2.60. The van der Waals surface area contributed by atoms with Crippen molar-refractivity contribution in [3.05, 3.63) is 59.7 Å². The van der Waals surface area contributed by atoms with Crippen LogP contribution in [0, 0.1) is 0 Å². The highest BCUT2D eigenvalue weighted by molar-refractivity contribution is 6.09. The number of ketones is 1. The van der Waals surface area contributed by atoms with E-state index in [0.29, 0.717) is 24.3 Å². The van der Waals surface area contributed by atoms with Crippen LogP contribution in [0.25, 0.3) is 0 Å². The average molecular weight is 514 g/mol. The van der Waals surface area contributed by atoms with Gasteiger partial charge in [-0.3, -0.25) is 4.79 Å². The fraction of sp³-hybridized carbons (Fsp3) is 0.316. The van der Waals surface area contributed by atoms with Crippen molar-refractivity contribution < 1.29 is 67.0 Å².